The number of aliphatic hydroxyl groups excluding tert-OH is 1. The smallest absolute Gasteiger partial charge is 0.0574 e. The Balaban J connectivity index is 2.40. The Labute approximate surface area is 56.4 Å². The van der Waals surface area contributed by atoms with Crippen LogP contribution in [0.2, 0.25) is 0 Å². The van der Waals surface area contributed by atoms with Crippen LogP contribution in [0.15, 0.2) is 12.2 Å². The predicted octanol–water partition coefficient (Wildman–Crippen LogP) is 1.72. The molecule has 0 saturated heterocycles. The van der Waals surface area contributed by atoms with Gasteiger partial charge in [-0.1, -0.05) is 12.2 Å². The lowest BCUT2D eigenvalue weighted by molar-refractivity contribution is 0.141. The SMILES string of the molecule is CC(O)[C@@H]1C=CCCC1. The fourth-order valence-corrected chi connectivity index (χ4v) is 1.24. The topological polar surface area (TPSA) is 20.2 Å². The maximum absolute atomic E-state index is 9.13. The molecule has 2 atom stereocenters. The highest BCUT2D eigenvalue weighted by Gasteiger charge is 2.12. The van der Waals surface area contributed by atoms with E-state index in [1.165, 1.54) is 12.8 Å². The van der Waals surface area contributed by atoms with Crippen molar-refractivity contribution in [3.05, 3.63) is 12.2 Å². The molecule has 0 fully saturated rings. The number of allylic oxidation sites excluding steroid dienone is 1. The van der Waals surface area contributed by atoms with Gasteiger partial charge in [-0.3, -0.25) is 0 Å². The van der Waals surface area contributed by atoms with Gasteiger partial charge in [-0.25, -0.2) is 0 Å². The average Bonchev–Trinajstić information content (AvgIpc) is 1.90. The van der Waals surface area contributed by atoms with Crippen LogP contribution >= 0.6 is 0 Å². The standard InChI is InChI=1S/C8H14O/c1-7(9)8-5-3-2-4-6-8/h3,5,7-9H,2,4,6H2,1H3/t7?,8-/m1/s1. The quantitative estimate of drug-likeness (QED) is 0.530. The summed E-state index contributed by atoms with van der Waals surface area (Å²) in [6, 6.07) is 0. The molecule has 0 bridgehead atoms. The van der Waals surface area contributed by atoms with Crippen molar-refractivity contribution in [2.45, 2.75) is 32.3 Å². The molecule has 1 heteroatoms. The van der Waals surface area contributed by atoms with Crippen LogP contribution in [0.5, 0.6) is 0 Å². The minimum Gasteiger partial charge on any atom is -0.393 e. The third kappa shape index (κ3) is 1.83. The van der Waals surface area contributed by atoms with Crippen molar-refractivity contribution >= 4 is 0 Å². The second kappa shape index (κ2) is 3.02. The summed E-state index contributed by atoms with van der Waals surface area (Å²) in [5.74, 6) is 0.429. The van der Waals surface area contributed by atoms with Gasteiger partial charge in [0.2, 0.25) is 0 Å². The van der Waals surface area contributed by atoms with Gasteiger partial charge in [0.1, 0.15) is 0 Å². The summed E-state index contributed by atoms with van der Waals surface area (Å²) < 4.78 is 0. The van der Waals surface area contributed by atoms with Gasteiger partial charge in [0.05, 0.1) is 6.10 Å². The van der Waals surface area contributed by atoms with Crippen LogP contribution < -0.4 is 0 Å². The van der Waals surface area contributed by atoms with E-state index >= 15 is 0 Å². The molecule has 0 amide bonds. The maximum Gasteiger partial charge on any atom is 0.0574 e. The van der Waals surface area contributed by atoms with E-state index in [0.29, 0.717) is 5.92 Å². The Bertz CT molecular complexity index is 105. The highest BCUT2D eigenvalue weighted by molar-refractivity contribution is 4.94. The molecule has 0 saturated carbocycles. The zero-order valence-electron chi connectivity index (χ0n) is 5.88. The van der Waals surface area contributed by atoms with Gasteiger partial charge in [-0.2, -0.15) is 0 Å². The molecule has 0 aromatic heterocycles. The summed E-state index contributed by atoms with van der Waals surface area (Å²) in [4.78, 5) is 0. The van der Waals surface area contributed by atoms with E-state index in [4.69, 9.17) is 5.11 Å². The molecule has 0 aromatic rings. The van der Waals surface area contributed by atoms with E-state index in [9.17, 15) is 0 Å². The van der Waals surface area contributed by atoms with Crippen molar-refractivity contribution in [3.8, 4) is 0 Å². The van der Waals surface area contributed by atoms with Crippen LogP contribution in [0, 0.1) is 5.92 Å². The highest BCUT2D eigenvalue weighted by atomic mass is 16.3. The van der Waals surface area contributed by atoms with Crippen LogP contribution in [0.3, 0.4) is 0 Å². The molecule has 1 aliphatic rings. The van der Waals surface area contributed by atoms with E-state index in [-0.39, 0.29) is 6.10 Å². The Hall–Kier alpha value is -0.300. The number of rotatable bonds is 1. The average molecular weight is 126 g/mol. The van der Waals surface area contributed by atoms with E-state index < -0.39 is 0 Å². The molecule has 0 aliphatic heterocycles. The van der Waals surface area contributed by atoms with E-state index in [1.54, 1.807) is 0 Å². The lowest BCUT2D eigenvalue weighted by atomic mass is 9.92. The van der Waals surface area contributed by atoms with E-state index in [0.717, 1.165) is 6.42 Å². The van der Waals surface area contributed by atoms with Crippen LogP contribution in [0.1, 0.15) is 26.2 Å². The second-order valence-corrected chi connectivity index (χ2v) is 2.76. The zero-order valence-corrected chi connectivity index (χ0v) is 5.88. The molecule has 1 aliphatic carbocycles. The lowest BCUT2D eigenvalue weighted by Crippen LogP contribution is -2.15. The molecule has 0 radical (unpaired) electrons. The van der Waals surface area contributed by atoms with Crippen LogP contribution in [0.25, 0.3) is 0 Å². The predicted molar refractivity (Wildman–Crippen MR) is 38.2 cm³/mol. The summed E-state index contributed by atoms with van der Waals surface area (Å²) in [7, 11) is 0. The number of hydrogen-bond donors (Lipinski definition) is 1. The minimum atomic E-state index is -0.151. The molecule has 9 heavy (non-hydrogen) atoms. The Morgan fingerprint density at radius 3 is 2.78 bits per heavy atom. The minimum absolute atomic E-state index is 0.151. The molecule has 1 nitrogen and oxygen atoms in total. The molecule has 0 heterocycles. The van der Waals surface area contributed by atoms with Crippen molar-refractivity contribution in [2.75, 3.05) is 0 Å². The van der Waals surface area contributed by atoms with Gasteiger partial charge in [0.25, 0.3) is 0 Å². The third-order valence-corrected chi connectivity index (χ3v) is 1.91. The van der Waals surface area contributed by atoms with Gasteiger partial charge in [0, 0.05) is 5.92 Å². The van der Waals surface area contributed by atoms with Gasteiger partial charge in [0.15, 0.2) is 0 Å². The maximum atomic E-state index is 9.13. The number of hydrogen-bond acceptors (Lipinski definition) is 1. The molecule has 1 N–H and O–H groups in total. The lowest BCUT2D eigenvalue weighted by Gasteiger charge is -2.18. The Morgan fingerprint density at radius 1 is 1.67 bits per heavy atom. The molecule has 52 valence electrons. The Kier molecular flexibility index (Phi) is 2.29. The molecule has 0 spiro atoms. The van der Waals surface area contributed by atoms with Gasteiger partial charge < -0.3 is 5.11 Å². The second-order valence-electron chi connectivity index (χ2n) is 2.76. The van der Waals surface area contributed by atoms with Crippen molar-refractivity contribution < 1.29 is 5.11 Å². The van der Waals surface area contributed by atoms with Crippen molar-refractivity contribution in [1.29, 1.82) is 0 Å². The van der Waals surface area contributed by atoms with Gasteiger partial charge >= 0.3 is 0 Å². The monoisotopic (exact) mass is 126 g/mol. The fraction of sp³-hybridized carbons (Fsp3) is 0.750. The third-order valence-electron chi connectivity index (χ3n) is 1.91. The zero-order chi connectivity index (χ0) is 6.69. The molecule has 0 aromatic carbocycles. The first-order valence-electron chi connectivity index (χ1n) is 3.65. The van der Waals surface area contributed by atoms with Gasteiger partial charge in [-0.05, 0) is 26.2 Å². The van der Waals surface area contributed by atoms with Crippen LogP contribution in [-0.2, 0) is 0 Å². The molecule has 1 unspecified atom stereocenters. The largest absolute Gasteiger partial charge is 0.393 e. The summed E-state index contributed by atoms with van der Waals surface area (Å²) >= 11 is 0. The fourth-order valence-electron chi connectivity index (χ4n) is 1.24. The first-order chi connectivity index (χ1) is 4.30. The summed E-state index contributed by atoms with van der Waals surface area (Å²) in [5, 5.41) is 9.13. The number of aliphatic hydroxyl groups is 1. The normalized spacial score (nSPS) is 30.2. The van der Waals surface area contributed by atoms with Crippen molar-refractivity contribution in [1.82, 2.24) is 0 Å². The summed E-state index contributed by atoms with van der Waals surface area (Å²) in [6.07, 6.45) is 7.75. The van der Waals surface area contributed by atoms with E-state index in [1.807, 2.05) is 6.92 Å². The van der Waals surface area contributed by atoms with Crippen molar-refractivity contribution in [2.24, 2.45) is 5.92 Å². The summed E-state index contributed by atoms with van der Waals surface area (Å²) in [5.41, 5.74) is 0. The van der Waals surface area contributed by atoms with Crippen LogP contribution in [-0.4, -0.2) is 11.2 Å². The summed E-state index contributed by atoms with van der Waals surface area (Å²) in [6.45, 7) is 1.86. The first kappa shape index (κ1) is 6.81. The first-order valence-corrected chi connectivity index (χ1v) is 3.65. The van der Waals surface area contributed by atoms with Gasteiger partial charge in [-0.15, -0.1) is 0 Å². The molecule has 1 rings (SSSR count). The molecular weight excluding hydrogens is 112 g/mol. The Morgan fingerprint density at radius 2 is 2.44 bits per heavy atom. The van der Waals surface area contributed by atoms with E-state index in [2.05, 4.69) is 12.2 Å². The molecular formula is C8H14O. The van der Waals surface area contributed by atoms with Crippen molar-refractivity contribution in [3.63, 3.8) is 0 Å². The van der Waals surface area contributed by atoms with Crippen LogP contribution in [0.4, 0.5) is 0 Å². The highest BCUT2D eigenvalue weighted by Crippen LogP contribution is 2.19.